The molecule has 0 bridgehead atoms. The summed E-state index contributed by atoms with van der Waals surface area (Å²) in [6.45, 7) is 3.67. The SMILES string of the molecule is C[C@@H]1Sc2ccc(S(=O)(=O)[C@H](C)CC(=O)NCc3ccccc3)cc2NC1=O. The van der Waals surface area contributed by atoms with Gasteiger partial charge in [-0.05, 0) is 37.6 Å². The molecular weight excluding hydrogens is 396 g/mol. The van der Waals surface area contributed by atoms with Gasteiger partial charge in [0.15, 0.2) is 9.84 Å². The summed E-state index contributed by atoms with van der Waals surface area (Å²) in [4.78, 5) is 25.0. The zero-order valence-electron chi connectivity index (χ0n) is 15.6. The van der Waals surface area contributed by atoms with Crippen LogP contribution in [0.3, 0.4) is 0 Å². The minimum atomic E-state index is -3.70. The molecule has 2 aromatic carbocycles. The summed E-state index contributed by atoms with van der Waals surface area (Å²) in [5.74, 6) is -0.476. The maximum absolute atomic E-state index is 12.9. The van der Waals surface area contributed by atoms with Crippen molar-refractivity contribution in [3.05, 3.63) is 54.1 Å². The van der Waals surface area contributed by atoms with Gasteiger partial charge in [-0.2, -0.15) is 0 Å². The number of nitrogens with one attached hydrogen (secondary N) is 2. The number of benzene rings is 2. The lowest BCUT2D eigenvalue weighted by Crippen LogP contribution is -2.30. The van der Waals surface area contributed by atoms with Crippen LogP contribution >= 0.6 is 11.8 Å². The third-order valence-electron chi connectivity index (χ3n) is 4.55. The Labute approximate surface area is 169 Å². The number of anilines is 1. The fourth-order valence-corrected chi connectivity index (χ4v) is 5.14. The Kier molecular flexibility index (Phi) is 6.10. The highest BCUT2D eigenvalue weighted by Gasteiger charge is 2.29. The molecule has 0 aromatic heterocycles. The molecule has 1 aliphatic heterocycles. The fourth-order valence-electron chi connectivity index (χ4n) is 2.84. The molecule has 3 rings (SSSR count). The molecule has 2 amide bonds. The van der Waals surface area contributed by atoms with Gasteiger partial charge in [-0.1, -0.05) is 30.3 Å². The number of fused-ring (bicyclic) bond motifs is 1. The summed E-state index contributed by atoms with van der Waals surface area (Å²) in [5, 5.41) is 4.38. The molecule has 1 aliphatic rings. The van der Waals surface area contributed by atoms with Gasteiger partial charge in [0.25, 0.3) is 0 Å². The molecule has 0 saturated carbocycles. The third-order valence-corrected chi connectivity index (χ3v) is 7.86. The zero-order valence-corrected chi connectivity index (χ0v) is 17.3. The van der Waals surface area contributed by atoms with Crippen molar-refractivity contribution in [2.24, 2.45) is 0 Å². The molecule has 1 heterocycles. The maximum atomic E-state index is 12.9. The highest BCUT2D eigenvalue weighted by atomic mass is 32.2. The highest BCUT2D eigenvalue weighted by molar-refractivity contribution is 8.01. The summed E-state index contributed by atoms with van der Waals surface area (Å²) in [7, 11) is -3.70. The van der Waals surface area contributed by atoms with E-state index in [1.807, 2.05) is 30.3 Å². The second-order valence-electron chi connectivity index (χ2n) is 6.73. The second-order valence-corrected chi connectivity index (χ2v) is 10.5. The van der Waals surface area contributed by atoms with Gasteiger partial charge in [0.05, 0.1) is 21.1 Å². The van der Waals surface area contributed by atoms with Crippen LogP contribution in [-0.2, 0) is 26.0 Å². The average Bonchev–Trinajstić information content (AvgIpc) is 2.67. The number of hydrogen-bond acceptors (Lipinski definition) is 5. The number of thioether (sulfide) groups is 1. The molecule has 0 spiro atoms. The van der Waals surface area contributed by atoms with Crippen molar-refractivity contribution in [1.82, 2.24) is 5.32 Å². The first-order chi connectivity index (χ1) is 13.3. The van der Waals surface area contributed by atoms with Crippen molar-refractivity contribution in [2.45, 2.75) is 47.1 Å². The smallest absolute Gasteiger partial charge is 0.237 e. The van der Waals surface area contributed by atoms with Crippen LogP contribution in [0.4, 0.5) is 5.69 Å². The predicted molar refractivity (Wildman–Crippen MR) is 110 cm³/mol. The van der Waals surface area contributed by atoms with Crippen LogP contribution in [0, 0.1) is 0 Å². The first-order valence-corrected chi connectivity index (χ1v) is 11.4. The molecule has 2 atom stereocenters. The second kappa shape index (κ2) is 8.36. The Morgan fingerprint density at radius 1 is 1.21 bits per heavy atom. The molecule has 6 nitrogen and oxygen atoms in total. The number of amides is 2. The highest BCUT2D eigenvalue weighted by Crippen LogP contribution is 2.37. The first kappa shape index (κ1) is 20.4. The van der Waals surface area contributed by atoms with Crippen LogP contribution < -0.4 is 10.6 Å². The molecule has 28 heavy (non-hydrogen) atoms. The van der Waals surface area contributed by atoms with E-state index in [1.54, 1.807) is 13.0 Å². The van der Waals surface area contributed by atoms with Gasteiger partial charge in [0.1, 0.15) is 0 Å². The summed E-state index contributed by atoms with van der Waals surface area (Å²) in [6.07, 6.45) is -0.135. The molecule has 0 radical (unpaired) electrons. The molecule has 8 heteroatoms. The van der Waals surface area contributed by atoms with Gasteiger partial charge >= 0.3 is 0 Å². The van der Waals surface area contributed by atoms with Crippen molar-refractivity contribution < 1.29 is 18.0 Å². The minimum Gasteiger partial charge on any atom is -0.352 e. The topological polar surface area (TPSA) is 92.3 Å². The number of sulfone groups is 1. The van der Waals surface area contributed by atoms with E-state index in [0.717, 1.165) is 10.5 Å². The number of carbonyl (C=O) groups excluding carboxylic acids is 2. The lowest BCUT2D eigenvalue weighted by molar-refractivity contribution is -0.121. The van der Waals surface area contributed by atoms with Gasteiger partial charge in [0, 0.05) is 17.9 Å². The molecule has 2 N–H and O–H groups in total. The Bertz CT molecular complexity index is 991. The molecule has 0 saturated heterocycles. The third kappa shape index (κ3) is 4.56. The van der Waals surface area contributed by atoms with Crippen molar-refractivity contribution in [3.63, 3.8) is 0 Å². The normalized spacial score (nSPS) is 17.4. The van der Waals surface area contributed by atoms with Crippen LogP contribution in [0.5, 0.6) is 0 Å². The van der Waals surface area contributed by atoms with E-state index in [2.05, 4.69) is 10.6 Å². The predicted octanol–water partition coefficient (Wildman–Crippen LogP) is 2.99. The summed E-state index contributed by atoms with van der Waals surface area (Å²) < 4.78 is 25.7. The van der Waals surface area contributed by atoms with Crippen molar-refractivity contribution >= 4 is 39.1 Å². The Morgan fingerprint density at radius 2 is 1.93 bits per heavy atom. The standard InChI is InChI=1S/C20H22N2O4S2/c1-13(10-19(23)21-12-15-6-4-3-5-7-15)28(25,26)16-8-9-18-17(11-16)22-20(24)14(2)27-18/h3-9,11,13-14H,10,12H2,1-2H3,(H,21,23)(H,22,24)/t13-,14+/m1/s1. The quantitative estimate of drug-likeness (QED) is 0.752. The van der Waals surface area contributed by atoms with Crippen LogP contribution in [0.25, 0.3) is 0 Å². The van der Waals surface area contributed by atoms with E-state index in [0.29, 0.717) is 12.2 Å². The molecule has 0 aliphatic carbocycles. The van der Waals surface area contributed by atoms with E-state index in [4.69, 9.17) is 0 Å². The van der Waals surface area contributed by atoms with Gasteiger partial charge in [0.2, 0.25) is 11.8 Å². The average molecular weight is 419 g/mol. The van der Waals surface area contributed by atoms with Gasteiger partial charge in [-0.25, -0.2) is 8.42 Å². The summed E-state index contributed by atoms with van der Waals surface area (Å²) >= 11 is 1.39. The van der Waals surface area contributed by atoms with Crippen molar-refractivity contribution in [1.29, 1.82) is 0 Å². The van der Waals surface area contributed by atoms with Crippen LogP contribution in [-0.4, -0.2) is 30.7 Å². The van der Waals surface area contributed by atoms with E-state index >= 15 is 0 Å². The van der Waals surface area contributed by atoms with E-state index in [9.17, 15) is 18.0 Å². The lowest BCUT2D eigenvalue weighted by atomic mass is 10.2. The van der Waals surface area contributed by atoms with Crippen molar-refractivity contribution in [2.75, 3.05) is 5.32 Å². The number of rotatable bonds is 6. The summed E-state index contributed by atoms with van der Waals surface area (Å²) in [6, 6.07) is 14.1. The first-order valence-electron chi connectivity index (χ1n) is 8.93. The molecule has 148 valence electrons. The maximum Gasteiger partial charge on any atom is 0.237 e. The van der Waals surface area contributed by atoms with Gasteiger partial charge in [-0.3, -0.25) is 9.59 Å². The van der Waals surface area contributed by atoms with Crippen LogP contribution in [0.15, 0.2) is 58.3 Å². The Balaban J connectivity index is 1.67. The fraction of sp³-hybridized carbons (Fsp3) is 0.300. The van der Waals surface area contributed by atoms with Crippen molar-refractivity contribution in [3.8, 4) is 0 Å². The molecular formula is C20H22N2O4S2. The van der Waals surface area contributed by atoms with E-state index in [-0.39, 0.29) is 28.4 Å². The summed E-state index contributed by atoms with van der Waals surface area (Å²) in [5.41, 5.74) is 1.44. The Morgan fingerprint density at radius 3 is 2.64 bits per heavy atom. The van der Waals surface area contributed by atoms with Crippen LogP contribution in [0.2, 0.25) is 0 Å². The van der Waals surface area contributed by atoms with Gasteiger partial charge in [-0.15, -0.1) is 11.8 Å². The van der Waals surface area contributed by atoms with E-state index < -0.39 is 15.1 Å². The van der Waals surface area contributed by atoms with Gasteiger partial charge < -0.3 is 10.6 Å². The molecule has 0 fully saturated rings. The Hall–Kier alpha value is -2.32. The van der Waals surface area contributed by atoms with E-state index in [1.165, 1.54) is 30.8 Å². The lowest BCUT2D eigenvalue weighted by Gasteiger charge is -2.22. The monoisotopic (exact) mass is 418 g/mol. The molecule has 2 aromatic rings. The number of hydrogen-bond donors (Lipinski definition) is 2. The van der Waals surface area contributed by atoms with Crippen LogP contribution in [0.1, 0.15) is 25.8 Å². The molecule has 0 unspecified atom stereocenters. The minimum absolute atomic E-state index is 0.102. The zero-order chi connectivity index (χ0) is 20.3. The largest absolute Gasteiger partial charge is 0.352 e. The number of carbonyl (C=O) groups is 2.